The quantitative estimate of drug-likeness (QED) is 0.642. The van der Waals surface area contributed by atoms with Crippen molar-refractivity contribution in [3.63, 3.8) is 0 Å². The van der Waals surface area contributed by atoms with Gasteiger partial charge in [0.1, 0.15) is 11.7 Å². The third kappa shape index (κ3) is 5.88. The number of aliphatic hydroxyl groups excluding tert-OH is 2. The van der Waals surface area contributed by atoms with Gasteiger partial charge in [0.15, 0.2) is 0 Å². The largest absolute Gasteiger partial charge is 0.444 e. The molecule has 0 aliphatic heterocycles. The second kappa shape index (κ2) is 8.13. The van der Waals surface area contributed by atoms with Gasteiger partial charge in [0, 0.05) is 6.54 Å². The van der Waals surface area contributed by atoms with Crippen LogP contribution in [0.3, 0.4) is 0 Å². The van der Waals surface area contributed by atoms with Crippen LogP contribution in [0.25, 0.3) is 11.3 Å². The molecule has 0 aliphatic carbocycles. The molecule has 2 unspecified atom stereocenters. The van der Waals surface area contributed by atoms with Crippen LogP contribution < -0.4 is 5.32 Å². The predicted octanol–water partition coefficient (Wildman–Crippen LogP) is 2.39. The Morgan fingerprint density at radius 3 is 2.52 bits per heavy atom. The Balaban J connectivity index is 1.83. The molecular weight excluding hydrogens is 322 g/mol. The van der Waals surface area contributed by atoms with E-state index in [0.29, 0.717) is 5.56 Å². The minimum atomic E-state index is -1.03. The molecule has 25 heavy (non-hydrogen) atoms. The number of benzene rings is 1. The van der Waals surface area contributed by atoms with E-state index in [0.717, 1.165) is 11.3 Å². The number of nitrogens with zero attached hydrogens (tertiary/aromatic N) is 1. The molecule has 1 aromatic carbocycles. The number of rotatable bonds is 6. The molecule has 2 rings (SSSR count). The number of H-pyrrole nitrogens is 1. The van der Waals surface area contributed by atoms with Crippen molar-refractivity contribution in [1.29, 1.82) is 0 Å². The molecule has 1 amide bonds. The number of amides is 1. The molecule has 0 aliphatic rings. The van der Waals surface area contributed by atoms with Crippen molar-refractivity contribution in [3.05, 3.63) is 42.4 Å². The summed E-state index contributed by atoms with van der Waals surface area (Å²) in [6.45, 7) is 5.54. The van der Waals surface area contributed by atoms with Crippen molar-refractivity contribution in [1.82, 2.24) is 15.3 Å². The van der Waals surface area contributed by atoms with Gasteiger partial charge in [0.05, 0.1) is 24.3 Å². The maximum absolute atomic E-state index is 11.5. The second-order valence-corrected chi connectivity index (χ2v) is 6.82. The van der Waals surface area contributed by atoms with Crippen LogP contribution in [0.4, 0.5) is 4.79 Å². The van der Waals surface area contributed by atoms with E-state index >= 15 is 0 Å². The normalized spacial score (nSPS) is 14.0. The lowest BCUT2D eigenvalue weighted by molar-refractivity contribution is 0.0123. The molecule has 7 heteroatoms. The summed E-state index contributed by atoms with van der Waals surface area (Å²) < 4.78 is 5.11. The van der Waals surface area contributed by atoms with Gasteiger partial charge in [-0.25, -0.2) is 9.78 Å². The molecule has 1 aromatic heterocycles. The van der Waals surface area contributed by atoms with E-state index in [1.807, 2.05) is 12.1 Å². The predicted molar refractivity (Wildman–Crippen MR) is 93.8 cm³/mol. The Kier molecular flexibility index (Phi) is 6.17. The average molecular weight is 347 g/mol. The Morgan fingerprint density at radius 1 is 1.28 bits per heavy atom. The van der Waals surface area contributed by atoms with Gasteiger partial charge in [0.2, 0.25) is 0 Å². The van der Waals surface area contributed by atoms with Crippen LogP contribution in [0.2, 0.25) is 0 Å². The van der Waals surface area contributed by atoms with Crippen LogP contribution in [-0.4, -0.2) is 44.5 Å². The first-order chi connectivity index (χ1) is 11.8. The number of carbonyl (C=O) groups is 1. The third-order valence-corrected chi connectivity index (χ3v) is 3.53. The summed E-state index contributed by atoms with van der Waals surface area (Å²) in [5, 5.41) is 22.9. The summed E-state index contributed by atoms with van der Waals surface area (Å²) >= 11 is 0. The van der Waals surface area contributed by atoms with E-state index in [2.05, 4.69) is 15.3 Å². The highest BCUT2D eigenvalue weighted by atomic mass is 16.6. The standard InChI is InChI=1S/C18H25N3O4/c1-18(2,3)25-17(24)20-9-8-15(22)16(23)13-6-4-12(5-7-13)14-10-19-11-21-14/h4-7,10-11,15-16,22-23H,8-9H2,1-3H3,(H,19,21)(H,20,24). The first-order valence-corrected chi connectivity index (χ1v) is 8.18. The fourth-order valence-electron chi connectivity index (χ4n) is 2.29. The number of aromatic nitrogens is 2. The van der Waals surface area contributed by atoms with Crippen molar-refractivity contribution in [2.45, 2.75) is 45.0 Å². The SMILES string of the molecule is CC(C)(C)OC(=O)NCCC(O)C(O)c1ccc(-c2cnc[nH]2)cc1. The molecular formula is C18H25N3O4. The topological polar surface area (TPSA) is 107 Å². The van der Waals surface area contributed by atoms with Crippen LogP contribution in [0.15, 0.2) is 36.8 Å². The van der Waals surface area contributed by atoms with E-state index in [4.69, 9.17) is 4.74 Å². The summed E-state index contributed by atoms with van der Waals surface area (Å²) in [6.07, 6.45) is 0.951. The molecule has 0 radical (unpaired) electrons. The number of aromatic amines is 1. The summed E-state index contributed by atoms with van der Waals surface area (Å²) in [5.74, 6) is 0. The van der Waals surface area contributed by atoms with Crippen molar-refractivity contribution in [3.8, 4) is 11.3 Å². The highest BCUT2D eigenvalue weighted by Gasteiger charge is 2.20. The summed E-state index contributed by atoms with van der Waals surface area (Å²) in [4.78, 5) is 18.5. The number of carbonyl (C=O) groups excluding carboxylic acids is 1. The summed E-state index contributed by atoms with van der Waals surface area (Å²) in [5.41, 5.74) is 1.85. The third-order valence-electron chi connectivity index (χ3n) is 3.53. The monoisotopic (exact) mass is 347 g/mol. The maximum Gasteiger partial charge on any atom is 0.407 e. The first-order valence-electron chi connectivity index (χ1n) is 8.18. The van der Waals surface area contributed by atoms with Crippen molar-refractivity contribution in [2.75, 3.05) is 6.54 Å². The Morgan fingerprint density at radius 2 is 1.96 bits per heavy atom. The molecule has 0 bridgehead atoms. The van der Waals surface area contributed by atoms with E-state index in [1.54, 1.807) is 45.4 Å². The van der Waals surface area contributed by atoms with Gasteiger partial charge in [-0.05, 0) is 38.3 Å². The van der Waals surface area contributed by atoms with Gasteiger partial charge < -0.3 is 25.3 Å². The van der Waals surface area contributed by atoms with Gasteiger partial charge in [-0.1, -0.05) is 24.3 Å². The summed E-state index contributed by atoms with van der Waals surface area (Å²) in [7, 11) is 0. The molecule has 2 aromatic rings. The molecule has 2 atom stereocenters. The Bertz CT molecular complexity index is 663. The van der Waals surface area contributed by atoms with Crippen LogP contribution >= 0.6 is 0 Å². The molecule has 7 nitrogen and oxygen atoms in total. The molecule has 0 spiro atoms. The number of hydrogen-bond donors (Lipinski definition) is 4. The zero-order valence-corrected chi connectivity index (χ0v) is 14.7. The van der Waals surface area contributed by atoms with Gasteiger partial charge in [-0.3, -0.25) is 0 Å². The highest BCUT2D eigenvalue weighted by Crippen LogP contribution is 2.23. The molecule has 1 heterocycles. The number of imidazole rings is 1. The number of hydrogen-bond acceptors (Lipinski definition) is 5. The average Bonchev–Trinajstić information content (AvgIpc) is 3.07. The molecule has 0 saturated heterocycles. The first kappa shape index (κ1) is 19.0. The minimum Gasteiger partial charge on any atom is -0.444 e. The van der Waals surface area contributed by atoms with Gasteiger partial charge >= 0.3 is 6.09 Å². The lowest BCUT2D eigenvalue weighted by Crippen LogP contribution is -2.34. The van der Waals surface area contributed by atoms with Crippen LogP contribution in [-0.2, 0) is 4.74 Å². The highest BCUT2D eigenvalue weighted by molar-refractivity contribution is 5.67. The van der Waals surface area contributed by atoms with E-state index in [-0.39, 0.29) is 13.0 Å². The van der Waals surface area contributed by atoms with Crippen molar-refractivity contribution in [2.24, 2.45) is 0 Å². The van der Waals surface area contributed by atoms with Crippen LogP contribution in [0.5, 0.6) is 0 Å². The maximum atomic E-state index is 11.5. The smallest absolute Gasteiger partial charge is 0.407 e. The Hall–Kier alpha value is -2.38. The zero-order valence-electron chi connectivity index (χ0n) is 14.7. The van der Waals surface area contributed by atoms with Crippen LogP contribution in [0.1, 0.15) is 38.9 Å². The minimum absolute atomic E-state index is 0.208. The molecule has 0 saturated carbocycles. The number of nitrogens with one attached hydrogen (secondary N) is 2. The van der Waals surface area contributed by atoms with E-state index in [9.17, 15) is 15.0 Å². The summed E-state index contributed by atoms with van der Waals surface area (Å²) in [6, 6.07) is 7.20. The number of aliphatic hydroxyl groups is 2. The number of ether oxygens (including phenoxy) is 1. The molecule has 4 N–H and O–H groups in total. The van der Waals surface area contributed by atoms with Crippen molar-refractivity contribution >= 4 is 6.09 Å². The fraction of sp³-hybridized carbons (Fsp3) is 0.444. The van der Waals surface area contributed by atoms with Gasteiger partial charge in [-0.2, -0.15) is 0 Å². The van der Waals surface area contributed by atoms with E-state index in [1.165, 1.54) is 0 Å². The number of alkyl carbamates (subject to hydrolysis) is 1. The molecule has 0 fully saturated rings. The van der Waals surface area contributed by atoms with Gasteiger partial charge in [-0.15, -0.1) is 0 Å². The molecule has 136 valence electrons. The fourth-order valence-corrected chi connectivity index (χ4v) is 2.29. The Labute approximate surface area is 147 Å². The van der Waals surface area contributed by atoms with Crippen LogP contribution in [0, 0.1) is 0 Å². The van der Waals surface area contributed by atoms with Crippen molar-refractivity contribution < 1.29 is 19.7 Å². The van der Waals surface area contributed by atoms with Gasteiger partial charge in [0.25, 0.3) is 0 Å². The lowest BCUT2D eigenvalue weighted by atomic mass is 10.0. The zero-order chi connectivity index (χ0) is 18.4. The van der Waals surface area contributed by atoms with E-state index < -0.39 is 23.9 Å². The second-order valence-electron chi connectivity index (χ2n) is 6.82. The lowest BCUT2D eigenvalue weighted by Gasteiger charge is -2.21.